The molecule has 2 unspecified atom stereocenters. The molecule has 1 aromatic rings. The van der Waals surface area contributed by atoms with E-state index in [0.29, 0.717) is 16.4 Å². The number of allylic oxidation sites excluding steroid dienone is 3. The number of anilines is 1. The second-order valence-electron chi connectivity index (χ2n) is 6.15. The first kappa shape index (κ1) is 19.3. The fourth-order valence-corrected chi connectivity index (χ4v) is 2.92. The molecule has 0 spiro atoms. The van der Waals surface area contributed by atoms with Gasteiger partial charge in [-0.1, -0.05) is 18.5 Å². The number of hydrogen-bond donors (Lipinski definition) is 3. The fraction of sp³-hybridized carbons (Fsp3) is 0.333. The zero-order chi connectivity index (χ0) is 18.6. The molecule has 0 aliphatic heterocycles. The number of halogens is 2. The molecule has 0 bridgehead atoms. The second-order valence-corrected chi connectivity index (χ2v) is 7.06. The number of pyridine rings is 1. The van der Waals surface area contributed by atoms with Crippen molar-refractivity contribution in [3.8, 4) is 0 Å². The molecule has 0 saturated carbocycles. The minimum Gasteiger partial charge on any atom is -0.397 e. The van der Waals surface area contributed by atoms with Gasteiger partial charge in [-0.3, -0.25) is 4.79 Å². The van der Waals surface area contributed by atoms with Crippen molar-refractivity contribution in [2.24, 2.45) is 11.7 Å². The van der Waals surface area contributed by atoms with Gasteiger partial charge in [0.2, 0.25) is 5.91 Å². The van der Waals surface area contributed by atoms with Crippen LogP contribution in [0.5, 0.6) is 0 Å². The van der Waals surface area contributed by atoms with E-state index in [9.17, 15) is 4.79 Å². The molecule has 0 aromatic carbocycles. The van der Waals surface area contributed by atoms with E-state index >= 15 is 0 Å². The molecule has 1 aliphatic carbocycles. The zero-order valence-electron chi connectivity index (χ0n) is 14.4. The normalized spacial score (nSPS) is 20.8. The van der Waals surface area contributed by atoms with E-state index in [1.165, 1.54) is 6.08 Å². The molecule has 0 saturated heterocycles. The lowest BCUT2D eigenvalue weighted by Gasteiger charge is -2.26. The van der Waals surface area contributed by atoms with Crippen LogP contribution in [-0.2, 0) is 4.79 Å². The maximum absolute atomic E-state index is 12.3. The Kier molecular flexibility index (Phi) is 6.51. The summed E-state index contributed by atoms with van der Waals surface area (Å²) in [6, 6.07) is 3.94. The molecule has 2 rings (SSSR count). The van der Waals surface area contributed by atoms with Gasteiger partial charge in [-0.2, -0.15) is 0 Å². The van der Waals surface area contributed by atoms with E-state index in [1.807, 2.05) is 32.9 Å². The third kappa shape index (κ3) is 5.00. The van der Waals surface area contributed by atoms with E-state index in [2.05, 4.69) is 15.6 Å². The van der Waals surface area contributed by atoms with Crippen LogP contribution in [0.2, 0.25) is 0 Å². The Bertz CT molecular complexity index is 740. The first-order valence-corrected chi connectivity index (χ1v) is 8.82. The highest BCUT2D eigenvalue weighted by molar-refractivity contribution is 6.37. The van der Waals surface area contributed by atoms with E-state index in [1.54, 1.807) is 18.3 Å². The van der Waals surface area contributed by atoms with Gasteiger partial charge in [-0.25, -0.2) is 4.98 Å². The number of rotatable bonds is 5. The van der Waals surface area contributed by atoms with Crippen LogP contribution in [0.25, 0.3) is 6.08 Å². The van der Waals surface area contributed by atoms with Crippen LogP contribution in [0.15, 0.2) is 46.9 Å². The first-order chi connectivity index (χ1) is 11.8. The molecular formula is C18H22Cl2N4O. The van der Waals surface area contributed by atoms with Crippen LogP contribution in [0.4, 0.5) is 5.82 Å². The summed E-state index contributed by atoms with van der Waals surface area (Å²) in [6.45, 7) is 5.91. The molecule has 1 aliphatic rings. The Morgan fingerprint density at radius 1 is 1.44 bits per heavy atom. The average Bonchev–Trinajstić information content (AvgIpc) is 2.55. The van der Waals surface area contributed by atoms with Crippen LogP contribution < -0.4 is 16.4 Å². The third-order valence-corrected chi connectivity index (χ3v) is 4.77. The molecular weight excluding hydrogens is 359 g/mol. The van der Waals surface area contributed by atoms with Gasteiger partial charge in [0.15, 0.2) is 0 Å². The lowest BCUT2D eigenvalue weighted by Crippen LogP contribution is -2.33. The van der Waals surface area contributed by atoms with Gasteiger partial charge in [-0.15, -0.1) is 11.6 Å². The SMILES string of the molecule is CC(C)Nc1ncccc1/C=C/C(=O)NC1=C(N)C=C(Cl)C(Cl)C1C. The largest absolute Gasteiger partial charge is 0.397 e. The number of aromatic nitrogens is 1. The van der Waals surface area contributed by atoms with Crippen molar-refractivity contribution < 1.29 is 4.79 Å². The number of nitrogens with zero attached hydrogens (tertiary/aromatic N) is 1. The first-order valence-electron chi connectivity index (χ1n) is 8.01. The summed E-state index contributed by atoms with van der Waals surface area (Å²) >= 11 is 12.3. The van der Waals surface area contributed by atoms with Gasteiger partial charge >= 0.3 is 0 Å². The van der Waals surface area contributed by atoms with Crippen molar-refractivity contribution in [2.45, 2.75) is 32.2 Å². The fourth-order valence-electron chi connectivity index (χ4n) is 2.43. The zero-order valence-corrected chi connectivity index (χ0v) is 15.9. The van der Waals surface area contributed by atoms with Crippen molar-refractivity contribution >= 4 is 41.0 Å². The number of alkyl halides is 1. The quantitative estimate of drug-likeness (QED) is 0.538. The number of nitrogens with two attached hydrogens (primary N) is 1. The third-order valence-electron chi connectivity index (χ3n) is 3.70. The summed E-state index contributed by atoms with van der Waals surface area (Å²) in [5.41, 5.74) is 7.77. The van der Waals surface area contributed by atoms with E-state index in [4.69, 9.17) is 28.9 Å². The van der Waals surface area contributed by atoms with E-state index in [-0.39, 0.29) is 17.9 Å². The monoisotopic (exact) mass is 380 g/mol. The predicted octanol–water partition coefficient (Wildman–Crippen LogP) is 3.58. The van der Waals surface area contributed by atoms with Gasteiger partial charge in [0.05, 0.1) is 11.1 Å². The second kappa shape index (κ2) is 8.41. The predicted molar refractivity (Wildman–Crippen MR) is 104 cm³/mol. The lowest BCUT2D eigenvalue weighted by atomic mass is 9.96. The summed E-state index contributed by atoms with van der Waals surface area (Å²) in [4.78, 5) is 16.6. The lowest BCUT2D eigenvalue weighted by molar-refractivity contribution is -0.115. The molecule has 1 amide bonds. The molecule has 2 atom stereocenters. The molecule has 0 fully saturated rings. The van der Waals surface area contributed by atoms with Crippen LogP contribution in [0, 0.1) is 5.92 Å². The standard InChI is InChI=1S/C18H22Cl2N4O/c1-10(2)23-18-12(5-4-8-22-18)6-7-15(25)24-17-11(3)16(20)13(19)9-14(17)21/h4-11,16H,21H2,1-3H3,(H,22,23)(H,24,25)/b7-6+. The van der Waals surface area contributed by atoms with Gasteiger partial charge in [0, 0.05) is 40.5 Å². The maximum Gasteiger partial charge on any atom is 0.248 e. The van der Waals surface area contributed by atoms with Crippen molar-refractivity contribution in [1.29, 1.82) is 0 Å². The Hall–Kier alpha value is -1.98. The number of carbonyl (C=O) groups is 1. The summed E-state index contributed by atoms with van der Waals surface area (Å²) in [5.74, 6) is 0.245. The Morgan fingerprint density at radius 2 is 2.16 bits per heavy atom. The topological polar surface area (TPSA) is 80.0 Å². The van der Waals surface area contributed by atoms with Gasteiger partial charge in [-0.05, 0) is 38.1 Å². The van der Waals surface area contributed by atoms with Crippen molar-refractivity contribution in [3.05, 3.63) is 52.5 Å². The highest BCUT2D eigenvalue weighted by atomic mass is 35.5. The van der Waals surface area contributed by atoms with E-state index in [0.717, 1.165) is 11.4 Å². The molecule has 0 radical (unpaired) electrons. The number of hydrogen-bond acceptors (Lipinski definition) is 4. The van der Waals surface area contributed by atoms with Crippen LogP contribution in [0.3, 0.4) is 0 Å². The van der Waals surface area contributed by atoms with Crippen LogP contribution >= 0.6 is 23.2 Å². The minimum absolute atomic E-state index is 0.187. The van der Waals surface area contributed by atoms with Crippen molar-refractivity contribution in [2.75, 3.05) is 5.32 Å². The van der Waals surface area contributed by atoms with Crippen molar-refractivity contribution in [3.63, 3.8) is 0 Å². The highest BCUT2D eigenvalue weighted by Crippen LogP contribution is 2.32. The summed E-state index contributed by atoms with van der Waals surface area (Å²) in [7, 11) is 0. The smallest absolute Gasteiger partial charge is 0.248 e. The highest BCUT2D eigenvalue weighted by Gasteiger charge is 2.28. The molecule has 25 heavy (non-hydrogen) atoms. The Labute approximate surface area is 158 Å². The van der Waals surface area contributed by atoms with Crippen LogP contribution in [-0.4, -0.2) is 22.3 Å². The molecule has 5 nitrogen and oxygen atoms in total. The summed E-state index contributed by atoms with van der Waals surface area (Å²) in [5, 5.41) is 6.10. The van der Waals surface area contributed by atoms with Crippen LogP contribution in [0.1, 0.15) is 26.3 Å². The molecule has 4 N–H and O–H groups in total. The number of amides is 1. The summed E-state index contributed by atoms with van der Waals surface area (Å²) in [6.07, 6.45) is 6.43. The van der Waals surface area contributed by atoms with Gasteiger partial charge in [0.1, 0.15) is 5.82 Å². The molecule has 1 aromatic heterocycles. The van der Waals surface area contributed by atoms with Gasteiger partial charge < -0.3 is 16.4 Å². The van der Waals surface area contributed by atoms with Crippen molar-refractivity contribution in [1.82, 2.24) is 10.3 Å². The Morgan fingerprint density at radius 3 is 2.84 bits per heavy atom. The molecule has 7 heteroatoms. The van der Waals surface area contributed by atoms with Gasteiger partial charge in [0.25, 0.3) is 0 Å². The maximum atomic E-state index is 12.3. The molecule has 134 valence electrons. The minimum atomic E-state index is -0.409. The summed E-state index contributed by atoms with van der Waals surface area (Å²) < 4.78 is 0. The molecule has 1 heterocycles. The average molecular weight is 381 g/mol. The number of nitrogens with one attached hydrogen (secondary N) is 2. The number of carbonyl (C=O) groups excluding carboxylic acids is 1. The Balaban J connectivity index is 2.13. The van der Waals surface area contributed by atoms with E-state index < -0.39 is 5.38 Å².